The van der Waals surface area contributed by atoms with E-state index in [4.69, 9.17) is 4.74 Å². The molecule has 0 saturated carbocycles. The second kappa shape index (κ2) is 7.93. The molecule has 1 heterocycles. The van der Waals surface area contributed by atoms with Gasteiger partial charge >= 0.3 is 5.97 Å². The van der Waals surface area contributed by atoms with Crippen molar-refractivity contribution in [1.29, 1.82) is 0 Å². The van der Waals surface area contributed by atoms with Crippen molar-refractivity contribution >= 4 is 33.4 Å². The zero-order valence-corrected chi connectivity index (χ0v) is 16.3. The van der Waals surface area contributed by atoms with Crippen LogP contribution in [0.25, 0.3) is 11.1 Å². The second-order valence-electron chi connectivity index (χ2n) is 5.55. The summed E-state index contributed by atoms with van der Waals surface area (Å²) in [6.45, 7) is 0. The smallest absolute Gasteiger partial charge is 0.337 e. The Labute approximate surface area is 163 Å². The van der Waals surface area contributed by atoms with E-state index < -0.39 is 16.0 Å². The number of hydrogen-bond acceptors (Lipinski definition) is 7. The highest BCUT2D eigenvalue weighted by molar-refractivity contribution is 8.19. The lowest BCUT2D eigenvalue weighted by Crippen LogP contribution is -2.13. The highest BCUT2D eigenvalue weighted by atomic mass is 32.3. The van der Waals surface area contributed by atoms with Gasteiger partial charge in [0, 0.05) is 7.63 Å². The number of benzene rings is 2. The normalized spacial score (nSPS) is 13.5. The average molecular weight is 409 g/mol. The van der Waals surface area contributed by atoms with Crippen LogP contribution in [0, 0.1) is 0 Å². The maximum Gasteiger partial charge on any atom is 0.337 e. The summed E-state index contributed by atoms with van der Waals surface area (Å²) in [5.41, 5.74) is 2.48. The molecule has 0 saturated heterocycles. The van der Waals surface area contributed by atoms with Gasteiger partial charge < -0.3 is 14.8 Å². The Balaban J connectivity index is 0.00000280. The van der Waals surface area contributed by atoms with Gasteiger partial charge in [0.05, 0.1) is 31.3 Å². The molecule has 2 aromatic carbocycles. The van der Waals surface area contributed by atoms with E-state index in [0.29, 0.717) is 22.9 Å². The third-order valence-corrected chi connectivity index (χ3v) is 6.73. The quantitative estimate of drug-likeness (QED) is 0.709. The average Bonchev–Trinajstić information content (AvgIpc) is 3.23. The monoisotopic (exact) mass is 408 g/mol. The molecular weight excluding hydrogens is 388 g/mol. The number of ether oxygens (including phenoxy) is 2. The highest BCUT2D eigenvalue weighted by Crippen LogP contribution is 2.34. The number of carbonyl (C=O) groups excluding carboxylic acids is 1. The summed E-state index contributed by atoms with van der Waals surface area (Å²) >= 11 is 1.21. The van der Waals surface area contributed by atoms with Crippen molar-refractivity contribution in [3.8, 4) is 16.9 Å². The van der Waals surface area contributed by atoms with Gasteiger partial charge in [-0.25, -0.2) is 13.2 Å². The first-order valence-electron chi connectivity index (χ1n) is 7.90. The SMILES string of the molecule is COC(=O)c1ccc(-c2ccc(NS(=O)(=O)C3=CNCS3)c(OC)c2)cc1.[HH]. The first-order valence-corrected chi connectivity index (χ1v) is 10.4. The molecule has 144 valence electrons. The van der Waals surface area contributed by atoms with Gasteiger partial charge in [0.2, 0.25) is 0 Å². The van der Waals surface area contributed by atoms with Crippen molar-refractivity contribution in [2.45, 2.75) is 0 Å². The molecule has 0 amide bonds. The Morgan fingerprint density at radius 3 is 2.44 bits per heavy atom. The summed E-state index contributed by atoms with van der Waals surface area (Å²) in [5, 5.41) is 2.86. The number of esters is 1. The van der Waals surface area contributed by atoms with Gasteiger partial charge in [-0.2, -0.15) is 0 Å². The van der Waals surface area contributed by atoms with Crippen LogP contribution in [0.1, 0.15) is 11.8 Å². The van der Waals surface area contributed by atoms with E-state index in [9.17, 15) is 13.2 Å². The molecule has 2 N–H and O–H groups in total. The largest absolute Gasteiger partial charge is 0.495 e. The zero-order valence-electron chi connectivity index (χ0n) is 14.7. The van der Waals surface area contributed by atoms with E-state index in [1.807, 2.05) is 0 Å². The van der Waals surface area contributed by atoms with Gasteiger partial charge in [-0.3, -0.25) is 4.72 Å². The van der Waals surface area contributed by atoms with Gasteiger partial charge in [0.15, 0.2) is 0 Å². The number of methoxy groups -OCH3 is 2. The maximum absolute atomic E-state index is 12.4. The summed E-state index contributed by atoms with van der Waals surface area (Å²) in [7, 11) is -0.856. The molecule has 0 unspecified atom stereocenters. The van der Waals surface area contributed by atoms with Crippen LogP contribution in [0.3, 0.4) is 0 Å². The molecular formula is C18H20N2O5S2. The Morgan fingerprint density at radius 1 is 1.15 bits per heavy atom. The molecule has 0 spiro atoms. The van der Waals surface area contributed by atoms with Crippen LogP contribution < -0.4 is 14.8 Å². The topological polar surface area (TPSA) is 93.7 Å². The lowest BCUT2D eigenvalue weighted by atomic mass is 10.0. The number of rotatable bonds is 6. The van der Waals surface area contributed by atoms with Crippen LogP contribution >= 0.6 is 11.8 Å². The second-order valence-corrected chi connectivity index (χ2v) is 8.47. The summed E-state index contributed by atoms with van der Waals surface area (Å²) in [5.74, 6) is 0.510. The Kier molecular flexibility index (Phi) is 5.62. The van der Waals surface area contributed by atoms with E-state index in [0.717, 1.165) is 11.1 Å². The highest BCUT2D eigenvalue weighted by Gasteiger charge is 2.23. The van der Waals surface area contributed by atoms with E-state index >= 15 is 0 Å². The predicted octanol–water partition coefficient (Wildman–Crippen LogP) is 3.23. The molecule has 0 aromatic heterocycles. The lowest BCUT2D eigenvalue weighted by Gasteiger charge is -2.13. The molecule has 0 bridgehead atoms. The molecule has 3 rings (SSSR count). The Morgan fingerprint density at radius 2 is 1.85 bits per heavy atom. The van der Waals surface area contributed by atoms with E-state index in [-0.39, 0.29) is 5.66 Å². The zero-order chi connectivity index (χ0) is 19.4. The van der Waals surface area contributed by atoms with Crippen molar-refractivity contribution in [2.75, 3.05) is 24.8 Å². The molecule has 7 nitrogen and oxygen atoms in total. The molecule has 9 heteroatoms. The van der Waals surface area contributed by atoms with Gasteiger partial charge in [-0.05, 0) is 35.4 Å². The summed E-state index contributed by atoms with van der Waals surface area (Å²) < 4.78 is 37.6. The van der Waals surface area contributed by atoms with Crippen molar-refractivity contribution in [3.63, 3.8) is 0 Å². The molecule has 0 atom stereocenters. The van der Waals surface area contributed by atoms with E-state index in [1.54, 1.807) is 42.5 Å². The number of hydrogen-bond donors (Lipinski definition) is 2. The van der Waals surface area contributed by atoms with E-state index in [1.165, 1.54) is 32.2 Å². The van der Waals surface area contributed by atoms with Crippen molar-refractivity contribution in [2.24, 2.45) is 0 Å². The standard InChI is InChI=1S/C18H18N2O5S2.H2/c1-24-16-9-14(12-3-5-13(6-4-12)18(21)25-2)7-8-15(16)20-27(22,23)17-10-19-11-26-17;/h3-10,19-20H,11H2,1-2H3;1H. The fraction of sp³-hybridized carbons (Fsp3) is 0.167. The molecule has 0 radical (unpaired) electrons. The number of sulfonamides is 1. The Bertz CT molecular complexity index is 992. The summed E-state index contributed by atoms with van der Waals surface area (Å²) in [6, 6.07) is 12.1. The number of nitrogens with one attached hydrogen (secondary N) is 2. The fourth-order valence-electron chi connectivity index (χ4n) is 2.50. The van der Waals surface area contributed by atoms with Crippen LogP contribution in [-0.4, -0.2) is 34.5 Å². The first kappa shape index (κ1) is 19.1. The minimum absolute atomic E-state index is 0. The van der Waals surface area contributed by atoms with Gasteiger partial charge in [-0.1, -0.05) is 30.0 Å². The van der Waals surface area contributed by atoms with E-state index in [2.05, 4.69) is 14.8 Å². The summed E-state index contributed by atoms with van der Waals surface area (Å²) in [6.07, 6.45) is 1.47. The van der Waals surface area contributed by atoms with Crippen molar-refractivity contribution < 1.29 is 24.1 Å². The summed E-state index contributed by atoms with van der Waals surface area (Å²) in [4.78, 5) is 11.5. The maximum atomic E-state index is 12.4. The molecule has 0 fully saturated rings. The third-order valence-electron chi connectivity index (χ3n) is 3.87. The fourth-order valence-corrected chi connectivity index (χ4v) is 4.70. The van der Waals surface area contributed by atoms with Gasteiger partial charge in [0.1, 0.15) is 9.99 Å². The third kappa shape index (κ3) is 4.20. The Hall–Kier alpha value is -2.65. The van der Waals surface area contributed by atoms with Crippen LogP contribution in [0.4, 0.5) is 5.69 Å². The van der Waals surface area contributed by atoms with Crippen molar-refractivity contribution in [1.82, 2.24) is 5.32 Å². The lowest BCUT2D eigenvalue weighted by molar-refractivity contribution is 0.0600. The van der Waals surface area contributed by atoms with Crippen LogP contribution in [-0.2, 0) is 14.8 Å². The van der Waals surface area contributed by atoms with Crippen LogP contribution in [0.5, 0.6) is 5.75 Å². The van der Waals surface area contributed by atoms with Crippen molar-refractivity contribution in [3.05, 3.63) is 58.5 Å². The first-order chi connectivity index (χ1) is 12.9. The van der Waals surface area contributed by atoms with Crippen LogP contribution in [0.15, 0.2) is 52.9 Å². The van der Waals surface area contributed by atoms with Gasteiger partial charge in [-0.15, -0.1) is 0 Å². The predicted molar refractivity (Wildman–Crippen MR) is 108 cm³/mol. The number of anilines is 1. The number of carbonyl (C=O) groups is 1. The molecule has 2 aromatic rings. The minimum atomic E-state index is -3.66. The number of thioether (sulfide) groups is 1. The molecule has 1 aliphatic heterocycles. The minimum Gasteiger partial charge on any atom is -0.495 e. The van der Waals surface area contributed by atoms with Gasteiger partial charge in [0.25, 0.3) is 10.0 Å². The molecule has 27 heavy (non-hydrogen) atoms. The van der Waals surface area contributed by atoms with Crippen LogP contribution in [0.2, 0.25) is 0 Å². The molecule has 0 aliphatic carbocycles. The molecule has 1 aliphatic rings.